The number of sulfone groups is 1. The maximum Gasteiger partial charge on any atom is 0.245 e. The van der Waals surface area contributed by atoms with Gasteiger partial charge >= 0.3 is 0 Å². The highest BCUT2D eigenvalue weighted by molar-refractivity contribution is 7.92. The van der Waals surface area contributed by atoms with E-state index in [2.05, 4.69) is 15.6 Å². The molecule has 1 aliphatic rings. The van der Waals surface area contributed by atoms with E-state index in [1.165, 1.54) is 13.2 Å². The second kappa shape index (κ2) is 10.6. The van der Waals surface area contributed by atoms with Crippen LogP contribution in [0.4, 0.5) is 4.39 Å². The zero-order valence-electron chi connectivity index (χ0n) is 18.7. The summed E-state index contributed by atoms with van der Waals surface area (Å²) in [4.78, 5) is 29.3. The lowest BCUT2D eigenvalue weighted by Gasteiger charge is -2.15. The van der Waals surface area contributed by atoms with Gasteiger partial charge in [-0.2, -0.15) is 0 Å². The highest BCUT2D eigenvalue weighted by atomic mass is 35.5. The molecule has 1 saturated carbocycles. The number of thiazole rings is 1. The summed E-state index contributed by atoms with van der Waals surface area (Å²) in [6.45, 7) is -0.475. The molecule has 35 heavy (non-hydrogen) atoms. The van der Waals surface area contributed by atoms with Crippen LogP contribution in [0.15, 0.2) is 36.4 Å². The van der Waals surface area contributed by atoms with Crippen LogP contribution in [0.5, 0.6) is 0 Å². The van der Waals surface area contributed by atoms with Crippen LogP contribution in [0.3, 0.4) is 0 Å². The number of nitrogens with zero attached hydrogens (tertiary/aromatic N) is 1. The Balaban J connectivity index is 1.67. The lowest BCUT2D eigenvalue weighted by Crippen LogP contribution is -2.41. The number of ether oxygens (including phenoxy) is 1. The monoisotopic (exact) mass is 539 g/mol. The summed E-state index contributed by atoms with van der Waals surface area (Å²) in [7, 11) is -2.70. The summed E-state index contributed by atoms with van der Waals surface area (Å²) in [6, 6.07) is 9.55. The number of benzene rings is 2. The van der Waals surface area contributed by atoms with Crippen molar-refractivity contribution < 1.29 is 27.1 Å². The van der Waals surface area contributed by atoms with Gasteiger partial charge in [-0.15, -0.1) is 11.3 Å². The number of methoxy groups -OCH3 is 1. The minimum atomic E-state index is -4.05. The van der Waals surface area contributed by atoms with Gasteiger partial charge in [0.1, 0.15) is 10.8 Å². The third-order valence-corrected chi connectivity index (χ3v) is 8.75. The molecule has 1 atom stereocenters. The van der Waals surface area contributed by atoms with E-state index in [1.807, 2.05) is 0 Å². The SMILES string of the molecule is COCCS(=O)(=O)C(C(=O)NCC(=O)NC1CC1)c1nc2cc(F)c(-c3cccc(Cl)c3)cc2s1. The van der Waals surface area contributed by atoms with Gasteiger partial charge in [0, 0.05) is 29.8 Å². The summed E-state index contributed by atoms with van der Waals surface area (Å²) >= 11 is 7.02. The molecule has 8 nitrogen and oxygen atoms in total. The summed E-state index contributed by atoms with van der Waals surface area (Å²) < 4.78 is 46.4. The van der Waals surface area contributed by atoms with E-state index < -0.39 is 38.5 Å². The second-order valence-corrected chi connectivity index (χ2v) is 11.9. The van der Waals surface area contributed by atoms with Gasteiger partial charge in [-0.1, -0.05) is 23.7 Å². The van der Waals surface area contributed by atoms with Gasteiger partial charge in [0.15, 0.2) is 15.1 Å². The average molecular weight is 540 g/mol. The molecule has 2 N–H and O–H groups in total. The van der Waals surface area contributed by atoms with Crippen molar-refractivity contribution in [3.8, 4) is 11.1 Å². The number of hydrogen-bond donors (Lipinski definition) is 2. The highest BCUT2D eigenvalue weighted by Gasteiger charge is 2.37. The zero-order valence-corrected chi connectivity index (χ0v) is 21.1. The lowest BCUT2D eigenvalue weighted by atomic mass is 10.1. The fourth-order valence-electron chi connectivity index (χ4n) is 3.47. The second-order valence-electron chi connectivity index (χ2n) is 8.16. The fourth-order valence-corrected chi connectivity index (χ4v) is 6.62. The molecule has 1 unspecified atom stereocenters. The Morgan fingerprint density at radius 1 is 1.29 bits per heavy atom. The molecule has 1 aliphatic carbocycles. The molecule has 0 aliphatic heterocycles. The van der Waals surface area contributed by atoms with Crippen molar-refractivity contribution in [2.45, 2.75) is 24.1 Å². The maximum absolute atomic E-state index is 14.9. The molecule has 2 aromatic carbocycles. The Hall–Kier alpha value is -2.60. The molecule has 2 amide bonds. The van der Waals surface area contributed by atoms with Crippen molar-refractivity contribution in [2.75, 3.05) is 26.0 Å². The molecule has 1 aromatic heterocycles. The molecule has 0 radical (unpaired) electrons. The van der Waals surface area contributed by atoms with Crippen LogP contribution >= 0.6 is 22.9 Å². The van der Waals surface area contributed by atoms with Crippen LogP contribution in [0.25, 0.3) is 21.3 Å². The van der Waals surface area contributed by atoms with Crippen LogP contribution in [-0.2, 0) is 24.2 Å². The lowest BCUT2D eigenvalue weighted by molar-refractivity contribution is -0.126. The van der Waals surface area contributed by atoms with Crippen molar-refractivity contribution in [3.05, 3.63) is 52.2 Å². The van der Waals surface area contributed by atoms with Gasteiger partial charge in [-0.25, -0.2) is 17.8 Å². The summed E-state index contributed by atoms with van der Waals surface area (Å²) in [6.07, 6.45) is 1.76. The minimum Gasteiger partial charge on any atom is -0.384 e. The molecule has 0 bridgehead atoms. The van der Waals surface area contributed by atoms with Gasteiger partial charge in [0.05, 0.1) is 29.1 Å². The quantitative estimate of drug-likeness (QED) is 0.409. The molecule has 186 valence electrons. The first-order chi connectivity index (χ1) is 16.7. The number of aromatic nitrogens is 1. The third-order valence-electron chi connectivity index (χ3n) is 5.39. The van der Waals surface area contributed by atoms with Crippen LogP contribution in [-0.4, -0.2) is 57.3 Å². The predicted molar refractivity (Wildman–Crippen MR) is 133 cm³/mol. The Labute approximate surface area is 210 Å². The van der Waals surface area contributed by atoms with Crippen molar-refractivity contribution in [3.63, 3.8) is 0 Å². The third kappa shape index (κ3) is 6.16. The topological polar surface area (TPSA) is 114 Å². The van der Waals surface area contributed by atoms with Gasteiger partial charge in [0.2, 0.25) is 11.8 Å². The van der Waals surface area contributed by atoms with E-state index >= 15 is 0 Å². The molecule has 12 heteroatoms. The Bertz CT molecular complexity index is 1370. The smallest absolute Gasteiger partial charge is 0.245 e. The summed E-state index contributed by atoms with van der Waals surface area (Å²) in [5.41, 5.74) is 1.05. The van der Waals surface area contributed by atoms with Crippen LogP contribution in [0.1, 0.15) is 23.1 Å². The molecular weight excluding hydrogens is 517 g/mol. The molecule has 1 heterocycles. The van der Waals surface area contributed by atoms with Crippen molar-refractivity contribution >= 4 is 54.8 Å². The van der Waals surface area contributed by atoms with E-state index in [-0.39, 0.29) is 35.3 Å². The summed E-state index contributed by atoms with van der Waals surface area (Å²) in [5.74, 6) is -2.25. The Morgan fingerprint density at radius 2 is 2.06 bits per heavy atom. The number of nitrogens with one attached hydrogen (secondary N) is 2. The fraction of sp³-hybridized carbons (Fsp3) is 0.348. The minimum absolute atomic E-state index is 0.0150. The van der Waals surface area contributed by atoms with Crippen molar-refractivity contribution in [2.24, 2.45) is 0 Å². The number of halogens is 2. The average Bonchev–Trinajstić information content (AvgIpc) is 3.53. The van der Waals surface area contributed by atoms with Crippen molar-refractivity contribution in [1.29, 1.82) is 0 Å². The zero-order chi connectivity index (χ0) is 25.2. The number of hydrogen-bond acceptors (Lipinski definition) is 7. The van der Waals surface area contributed by atoms with Gasteiger partial charge in [-0.3, -0.25) is 9.59 Å². The Morgan fingerprint density at radius 3 is 2.74 bits per heavy atom. The van der Waals surface area contributed by atoms with E-state index in [9.17, 15) is 22.4 Å². The molecule has 0 spiro atoms. The molecular formula is C23H23ClFN3O5S2. The standard InChI is InChI=1S/C23H23ClFN3O5S2/c1-33-7-8-35(31,32)21(22(30)26-12-20(29)27-15-5-6-15)23-28-18-11-17(25)16(10-19(18)34-23)13-3-2-4-14(24)9-13/h2-4,9-11,15,21H,5-8,12H2,1H3,(H,26,30)(H,27,29). The van der Waals surface area contributed by atoms with Gasteiger partial charge in [0.25, 0.3) is 0 Å². The number of rotatable bonds is 10. The van der Waals surface area contributed by atoms with Crippen LogP contribution < -0.4 is 10.6 Å². The first-order valence-electron chi connectivity index (χ1n) is 10.8. The number of amides is 2. The number of carbonyl (C=O) groups excluding carboxylic acids is 2. The maximum atomic E-state index is 14.9. The molecule has 3 aromatic rings. The first-order valence-corrected chi connectivity index (χ1v) is 13.7. The normalized spacial score (nSPS) is 14.6. The Kier molecular flexibility index (Phi) is 7.70. The first kappa shape index (κ1) is 25.5. The largest absolute Gasteiger partial charge is 0.384 e. The molecule has 1 fully saturated rings. The van der Waals surface area contributed by atoms with E-state index in [1.54, 1.807) is 30.3 Å². The van der Waals surface area contributed by atoms with Gasteiger partial charge in [-0.05, 0) is 36.6 Å². The van der Waals surface area contributed by atoms with Gasteiger partial charge < -0.3 is 15.4 Å². The highest BCUT2D eigenvalue weighted by Crippen LogP contribution is 2.36. The molecule has 4 rings (SSSR count). The van der Waals surface area contributed by atoms with E-state index in [0.29, 0.717) is 15.3 Å². The molecule has 0 saturated heterocycles. The summed E-state index contributed by atoms with van der Waals surface area (Å²) in [5, 5.41) is 3.89. The van der Waals surface area contributed by atoms with E-state index in [4.69, 9.17) is 16.3 Å². The number of fused-ring (bicyclic) bond motifs is 1. The predicted octanol–water partition coefficient (Wildman–Crippen LogP) is 3.25. The van der Waals surface area contributed by atoms with Crippen molar-refractivity contribution in [1.82, 2.24) is 15.6 Å². The van der Waals surface area contributed by atoms with Crippen LogP contribution in [0, 0.1) is 5.82 Å². The van der Waals surface area contributed by atoms with E-state index in [0.717, 1.165) is 24.2 Å². The number of carbonyl (C=O) groups is 2. The van der Waals surface area contributed by atoms with Crippen LogP contribution in [0.2, 0.25) is 5.02 Å².